The molecule has 0 spiro atoms. The number of ether oxygens (including phenoxy) is 1. The first-order chi connectivity index (χ1) is 23.7. The van der Waals surface area contributed by atoms with Crippen molar-refractivity contribution in [1.29, 1.82) is 0 Å². The van der Waals surface area contributed by atoms with E-state index in [1.54, 1.807) is 0 Å². The van der Waals surface area contributed by atoms with E-state index in [1.165, 1.54) is 0 Å². The summed E-state index contributed by atoms with van der Waals surface area (Å²) in [5.41, 5.74) is 7.13. The highest BCUT2D eigenvalue weighted by atomic mass is 35.5. The number of rotatable bonds is 10. The molecule has 0 aliphatic carbocycles. The molecule has 1 saturated heterocycles. The van der Waals surface area contributed by atoms with Gasteiger partial charge in [-0.15, -0.1) is 0 Å². The van der Waals surface area contributed by atoms with Crippen molar-refractivity contribution in [3.05, 3.63) is 99.0 Å². The molecule has 2 heterocycles. The molecule has 3 aromatic carbocycles. The molecule has 3 N–H and O–H groups in total. The smallest absolute Gasteiger partial charge is 0.326 e. The van der Waals surface area contributed by atoms with Gasteiger partial charge in [-0.1, -0.05) is 74.3 Å². The van der Waals surface area contributed by atoms with E-state index in [-0.39, 0.29) is 23.9 Å². The monoisotopic (exact) mass is 720 g/mol. The van der Waals surface area contributed by atoms with Gasteiger partial charge in [0.1, 0.15) is 22.7 Å². The van der Waals surface area contributed by atoms with E-state index in [2.05, 4.69) is 57.0 Å². The SMILES string of the molecule is CCOc1cc(C(C)(C)C)ccc1C1=N[C@@](C)(c2ccc(Cl)cc2)[C@@](C)(c2ccc(Cl)cc2)N1C(=O)N1CCN(CC(=O)NCCCN)CC1. The van der Waals surface area contributed by atoms with E-state index in [4.69, 9.17) is 38.7 Å². The summed E-state index contributed by atoms with van der Waals surface area (Å²) in [6, 6.07) is 21.4. The normalized spacial score (nSPS) is 21.3. The van der Waals surface area contributed by atoms with Crippen molar-refractivity contribution in [2.24, 2.45) is 10.7 Å². The number of nitrogens with one attached hydrogen (secondary N) is 1. The summed E-state index contributed by atoms with van der Waals surface area (Å²) < 4.78 is 6.31. The van der Waals surface area contributed by atoms with Gasteiger partial charge >= 0.3 is 6.03 Å². The highest BCUT2D eigenvalue weighted by Crippen LogP contribution is 2.54. The van der Waals surface area contributed by atoms with Crippen molar-refractivity contribution in [2.75, 3.05) is 52.4 Å². The molecule has 3 aromatic rings. The number of benzene rings is 3. The number of amides is 3. The molecule has 5 rings (SSSR count). The van der Waals surface area contributed by atoms with E-state index in [1.807, 2.05) is 71.3 Å². The number of hydrogen-bond acceptors (Lipinski definition) is 6. The van der Waals surface area contributed by atoms with Crippen LogP contribution in [0.5, 0.6) is 5.75 Å². The zero-order chi connectivity index (χ0) is 36.3. The Bertz CT molecular complexity index is 1700. The Morgan fingerprint density at radius 1 is 0.920 bits per heavy atom. The first-order valence-corrected chi connectivity index (χ1v) is 18.2. The first kappa shape index (κ1) is 37.6. The Balaban J connectivity index is 1.62. The van der Waals surface area contributed by atoms with E-state index in [9.17, 15) is 4.79 Å². The minimum atomic E-state index is -1.01. The average Bonchev–Trinajstić information content (AvgIpc) is 3.33. The predicted molar refractivity (Wildman–Crippen MR) is 202 cm³/mol. The fraction of sp³-hybridized carbons (Fsp3) is 0.462. The van der Waals surface area contributed by atoms with Crippen molar-refractivity contribution >= 4 is 41.0 Å². The van der Waals surface area contributed by atoms with Gasteiger partial charge in [-0.05, 0) is 92.2 Å². The van der Waals surface area contributed by atoms with Crippen molar-refractivity contribution in [2.45, 2.75) is 64.5 Å². The minimum absolute atomic E-state index is 0.0385. The van der Waals surface area contributed by atoms with Crippen LogP contribution in [-0.2, 0) is 21.3 Å². The van der Waals surface area contributed by atoms with E-state index >= 15 is 4.79 Å². The van der Waals surface area contributed by atoms with Crippen LogP contribution in [-0.4, -0.2) is 84.9 Å². The van der Waals surface area contributed by atoms with Crippen molar-refractivity contribution in [3.8, 4) is 5.75 Å². The molecule has 0 unspecified atom stereocenters. The molecule has 0 aromatic heterocycles. The lowest BCUT2D eigenvalue weighted by molar-refractivity contribution is -0.122. The van der Waals surface area contributed by atoms with Crippen molar-refractivity contribution < 1.29 is 14.3 Å². The van der Waals surface area contributed by atoms with Crippen molar-refractivity contribution in [1.82, 2.24) is 20.0 Å². The third-order valence-electron chi connectivity index (χ3n) is 10.0. The predicted octanol–water partition coefficient (Wildman–Crippen LogP) is 6.79. The maximum Gasteiger partial charge on any atom is 0.326 e. The second-order valence-corrected chi connectivity index (χ2v) is 15.2. The summed E-state index contributed by atoms with van der Waals surface area (Å²) in [5, 5.41) is 4.14. The first-order valence-electron chi connectivity index (χ1n) is 17.4. The molecule has 0 saturated carbocycles. The molecule has 1 fully saturated rings. The number of amidine groups is 1. The van der Waals surface area contributed by atoms with Gasteiger partial charge < -0.3 is 20.7 Å². The number of nitrogens with zero attached hydrogens (tertiary/aromatic N) is 4. The van der Waals surface area contributed by atoms with E-state index in [0.717, 1.165) is 28.7 Å². The Kier molecular flexibility index (Phi) is 11.5. The number of nitrogens with two attached hydrogens (primary N) is 1. The molecule has 3 amide bonds. The van der Waals surface area contributed by atoms with Gasteiger partial charge in [0.25, 0.3) is 0 Å². The third kappa shape index (κ3) is 7.52. The van der Waals surface area contributed by atoms with Gasteiger partial charge in [0, 0.05) is 42.8 Å². The topological polar surface area (TPSA) is 104 Å². The van der Waals surface area contributed by atoms with Gasteiger partial charge in [-0.3, -0.25) is 19.6 Å². The maximum atomic E-state index is 15.2. The van der Waals surface area contributed by atoms with Gasteiger partial charge in [-0.2, -0.15) is 0 Å². The van der Waals surface area contributed by atoms with Crippen LogP contribution in [0.3, 0.4) is 0 Å². The summed E-state index contributed by atoms with van der Waals surface area (Å²) in [4.78, 5) is 39.1. The van der Waals surface area contributed by atoms with Crippen molar-refractivity contribution in [3.63, 3.8) is 0 Å². The van der Waals surface area contributed by atoms with Gasteiger partial charge in [0.15, 0.2) is 0 Å². The molecule has 2 atom stereocenters. The van der Waals surface area contributed by atoms with Crippen LogP contribution in [0, 0.1) is 0 Å². The van der Waals surface area contributed by atoms with E-state index in [0.29, 0.717) is 67.5 Å². The summed E-state index contributed by atoms with van der Waals surface area (Å²) in [6.07, 6.45) is 0.735. The van der Waals surface area contributed by atoms with Crippen LogP contribution in [0.25, 0.3) is 0 Å². The lowest BCUT2D eigenvalue weighted by Crippen LogP contribution is -2.61. The number of piperazine rings is 1. The Morgan fingerprint density at radius 2 is 1.52 bits per heavy atom. The molecule has 2 aliphatic rings. The zero-order valence-electron chi connectivity index (χ0n) is 30.1. The minimum Gasteiger partial charge on any atom is -0.493 e. The van der Waals surface area contributed by atoms with Crippen LogP contribution in [0.4, 0.5) is 4.79 Å². The lowest BCUT2D eigenvalue weighted by Gasteiger charge is -2.47. The average molecular weight is 722 g/mol. The number of hydrogen-bond donors (Lipinski definition) is 2. The second-order valence-electron chi connectivity index (χ2n) is 14.4. The summed E-state index contributed by atoms with van der Waals surface area (Å²) >= 11 is 12.8. The maximum absolute atomic E-state index is 15.2. The molecular formula is C39H50Cl2N6O3. The van der Waals surface area contributed by atoms with Crippen LogP contribution in [0.15, 0.2) is 71.7 Å². The van der Waals surface area contributed by atoms with Crippen LogP contribution in [0.1, 0.15) is 70.2 Å². The zero-order valence-corrected chi connectivity index (χ0v) is 31.6. The number of urea groups is 1. The summed E-state index contributed by atoms with van der Waals surface area (Å²) in [7, 11) is 0. The molecule has 50 heavy (non-hydrogen) atoms. The van der Waals surface area contributed by atoms with Crippen LogP contribution >= 0.6 is 23.2 Å². The molecule has 2 aliphatic heterocycles. The largest absolute Gasteiger partial charge is 0.493 e. The molecule has 268 valence electrons. The van der Waals surface area contributed by atoms with E-state index < -0.39 is 11.1 Å². The second kappa shape index (κ2) is 15.3. The molecule has 0 radical (unpaired) electrons. The fourth-order valence-corrected chi connectivity index (χ4v) is 7.10. The van der Waals surface area contributed by atoms with Gasteiger partial charge in [-0.25, -0.2) is 4.79 Å². The molecule has 0 bridgehead atoms. The third-order valence-corrected chi connectivity index (χ3v) is 10.5. The quantitative estimate of drug-likeness (QED) is 0.225. The van der Waals surface area contributed by atoms with Crippen LogP contribution < -0.4 is 15.8 Å². The Hall–Kier alpha value is -3.63. The summed E-state index contributed by atoms with van der Waals surface area (Å²) in [5.74, 6) is 1.15. The van der Waals surface area contributed by atoms with Crippen LogP contribution in [0.2, 0.25) is 10.0 Å². The molecule has 11 heteroatoms. The number of carbonyl (C=O) groups is 2. The summed E-state index contributed by atoms with van der Waals surface area (Å²) in [6.45, 7) is 16.4. The van der Waals surface area contributed by atoms with Gasteiger partial charge in [0.05, 0.1) is 18.7 Å². The Labute approximate surface area is 306 Å². The number of halogens is 2. The number of aliphatic imine (C=N–C) groups is 1. The highest BCUT2D eigenvalue weighted by Gasteiger charge is 2.60. The standard InChI is InChI=1S/C39H50Cl2N6O3/c1-7-50-33-25-29(37(2,3)4)13-18-32(33)35-44-38(5,27-9-14-30(40)15-10-27)39(6,28-11-16-31(41)17-12-28)47(35)36(49)46-23-21-45(22-24-46)26-34(48)43-20-8-19-42/h9-18,25H,7-8,19-24,26,42H2,1-6H3,(H,43,48)/t38-,39+/m0/s1. The van der Waals surface area contributed by atoms with Gasteiger partial charge in [0.2, 0.25) is 5.91 Å². The molecule has 9 nitrogen and oxygen atoms in total. The highest BCUT2D eigenvalue weighted by molar-refractivity contribution is 6.30. The number of carbonyl (C=O) groups excluding carboxylic acids is 2. The molecular weight excluding hydrogens is 671 g/mol. The fourth-order valence-electron chi connectivity index (χ4n) is 6.84. The Morgan fingerprint density at radius 3 is 2.08 bits per heavy atom. The lowest BCUT2D eigenvalue weighted by atomic mass is 9.71.